The van der Waals surface area contributed by atoms with Crippen LogP contribution < -0.4 is 10.2 Å². The molecule has 1 aromatic heterocycles. The zero-order chi connectivity index (χ0) is 16.4. The lowest BCUT2D eigenvalue weighted by Gasteiger charge is -2.32. The molecule has 2 heterocycles. The van der Waals surface area contributed by atoms with Gasteiger partial charge in [0.2, 0.25) is 0 Å². The fraction of sp³-hybridized carbons (Fsp3) is 0.412. The normalized spacial score (nSPS) is 18.1. The van der Waals surface area contributed by atoms with Gasteiger partial charge in [0, 0.05) is 34.9 Å². The van der Waals surface area contributed by atoms with Crippen LogP contribution in [0.2, 0.25) is 10.0 Å². The number of hydrogen-bond donors (Lipinski definition) is 1. The molecule has 1 aromatic carbocycles. The van der Waals surface area contributed by atoms with E-state index in [1.165, 1.54) is 12.8 Å². The van der Waals surface area contributed by atoms with Crippen molar-refractivity contribution in [3.8, 4) is 0 Å². The van der Waals surface area contributed by atoms with Gasteiger partial charge in [-0.3, -0.25) is 0 Å². The van der Waals surface area contributed by atoms with Crippen molar-refractivity contribution in [3.63, 3.8) is 0 Å². The number of aromatic nitrogens is 2. The second-order valence-electron chi connectivity index (χ2n) is 6.14. The van der Waals surface area contributed by atoms with Crippen LogP contribution in [0.4, 0.5) is 17.3 Å². The van der Waals surface area contributed by atoms with Gasteiger partial charge in [-0.15, -0.1) is 0 Å². The lowest BCUT2D eigenvalue weighted by molar-refractivity contribution is 0.444. The molecule has 0 radical (unpaired) electrons. The Kier molecular flexibility index (Phi) is 4.93. The molecule has 1 saturated heterocycles. The quantitative estimate of drug-likeness (QED) is 0.838. The van der Waals surface area contributed by atoms with Crippen molar-refractivity contribution >= 4 is 40.5 Å². The van der Waals surface area contributed by atoms with E-state index in [-0.39, 0.29) is 0 Å². The van der Waals surface area contributed by atoms with E-state index in [0.717, 1.165) is 36.2 Å². The molecule has 0 spiro atoms. The van der Waals surface area contributed by atoms with Crippen LogP contribution in [0, 0.1) is 12.8 Å². The molecule has 0 aliphatic carbocycles. The largest absolute Gasteiger partial charge is 0.356 e. The highest BCUT2D eigenvalue weighted by molar-refractivity contribution is 6.35. The van der Waals surface area contributed by atoms with Gasteiger partial charge >= 0.3 is 0 Å². The highest BCUT2D eigenvalue weighted by atomic mass is 35.5. The van der Waals surface area contributed by atoms with Crippen LogP contribution in [0.1, 0.15) is 25.6 Å². The highest BCUT2D eigenvalue weighted by Crippen LogP contribution is 2.27. The van der Waals surface area contributed by atoms with E-state index >= 15 is 0 Å². The molecule has 2 aromatic rings. The van der Waals surface area contributed by atoms with E-state index in [1.807, 2.05) is 25.1 Å². The average molecular weight is 351 g/mol. The maximum absolute atomic E-state index is 6.05. The third-order valence-corrected chi connectivity index (χ3v) is 4.38. The number of rotatable bonds is 3. The SMILES string of the molecule is Cc1nc(Nc2cc(Cl)cc(Cl)c2)cc(N2CCCC(C)C2)n1. The predicted molar refractivity (Wildman–Crippen MR) is 97.1 cm³/mol. The van der Waals surface area contributed by atoms with Gasteiger partial charge < -0.3 is 10.2 Å². The van der Waals surface area contributed by atoms with E-state index < -0.39 is 0 Å². The summed E-state index contributed by atoms with van der Waals surface area (Å²) in [6.07, 6.45) is 2.49. The summed E-state index contributed by atoms with van der Waals surface area (Å²) in [7, 11) is 0. The van der Waals surface area contributed by atoms with Gasteiger partial charge in [0.05, 0.1) is 0 Å². The molecule has 3 rings (SSSR count). The summed E-state index contributed by atoms with van der Waals surface area (Å²) in [4.78, 5) is 11.4. The number of nitrogens with one attached hydrogen (secondary N) is 1. The van der Waals surface area contributed by atoms with Crippen molar-refractivity contribution in [1.29, 1.82) is 0 Å². The third-order valence-electron chi connectivity index (χ3n) is 3.94. The number of aryl methyl sites for hydroxylation is 1. The van der Waals surface area contributed by atoms with Crippen molar-refractivity contribution < 1.29 is 0 Å². The number of anilines is 3. The van der Waals surface area contributed by atoms with Gasteiger partial charge in [-0.2, -0.15) is 0 Å². The number of nitrogens with zero attached hydrogens (tertiary/aromatic N) is 3. The Balaban J connectivity index is 1.85. The van der Waals surface area contributed by atoms with Gasteiger partial charge in [0.1, 0.15) is 17.5 Å². The van der Waals surface area contributed by atoms with Crippen LogP contribution in [-0.2, 0) is 0 Å². The Morgan fingerprint density at radius 3 is 2.57 bits per heavy atom. The maximum atomic E-state index is 6.05. The third kappa shape index (κ3) is 4.27. The summed E-state index contributed by atoms with van der Waals surface area (Å²) >= 11 is 12.1. The summed E-state index contributed by atoms with van der Waals surface area (Å²) in [5.41, 5.74) is 0.818. The Morgan fingerprint density at radius 1 is 1.13 bits per heavy atom. The Bertz CT molecular complexity index is 685. The molecule has 1 fully saturated rings. The van der Waals surface area contributed by atoms with Crippen molar-refractivity contribution in [3.05, 3.63) is 40.1 Å². The molecule has 4 nitrogen and oxygen atoms in total. The molecular formula is C17H20Cl2N4. The van der Waals surface area contributed by atoms with Crippen LogP contribution in [0.3, 0.4) is 0 Å². The minimum absolute atomic E-state index is 0.593. The van der Waals surface area contributed by atoms with Crippen LogP contribution in [0.5, 0.6) is 0 Å². The fourth-order valence-electron chi connectivity index (χ4n) is 2.95. The highest BCUT2D eigenvalue weighted by Gasteiger charge is 2.18. The van der Waals surface area contributed by atoms with Crippen LogP contribution >= 0.6 is 23.2 Å². The van der Waals surface area contributed by atoms with Gasteiger partial charge in [-0.1, -0.05) is 30.1 Å². The summed E-state index contributed by atoms with van der Waals surface area (Å²) < 4.78 is 0. The van der Waals surface area contributed by atoms with Crippen molar-refractivity contribution in [1.82, 2.24) is 9.97 Å². The Morgan fingerprint density at radius 2 is 1.87 bits per heavy atom. The first-order valence-electron chi connectivity index (χ1n) is 7.83. The molecule has 1 unspecified atom stereocenters. The number of benzene rings is 1. The number of hydrogen-bond acceptors (Lipinski definition) is 4. The molecule has 6 heteroatoms. The molecule has 122 valence electrons. The molecule has 1 N–H and O–H groups in total. The molecule has 1 aliphatic heterocycles. The Labute approximate surface area is 146 Å². The first-order valence-corrected chi connectivity index (χ1v) is 8.59. The van der Waals surface area contributed by atoms with E-state index in [9.17, 15) is 0 Å². The van der Waals surface area contributed by atoms with E-state index in [2.05, 4.69) is 27.1 Å². The summed E-state index contributed by atoms with van der Waals surface area (Å²) in [6.45, 7) is 6.28. The van der Waals surface area contributed by atoms with Gasteiger partial charge in [0.15, 0.2) is 0 Å². The minimum Gasteiger partial charge on any atom is -0.356 e. The molecule has 0 saturated carbocycles. The van der Waals surface area contributed by atoms with Crippen molar-refractivity contribution in [2.45, 2.75) is 26.7 Å². The van der Waals surface area contributed by atoms with E-state index in [0.29, 0.717) is 16.0 Å². The summed E-state index contributed by atoms with van der Waals surface area (Å²) in [5, 5.41) is 4.46. The van der Waals surface area contributed by atoms with Crippen molar-refractivity contribution in [2.24, 2.45) is 5.92 Å². The van der Waals surface area contributed by atoms with Crippen LogP contribution in [-0.4, -0.2) is 23.1 Å². The van der Waals surface area contributed by atoms with Gasteiger partial charge in [-0.25, -0.2) is 9.97 Å². The first kappa shape index (κ1) is 16.3. The summed E-state index contributed by atoms with van der Waals surface area (Å²) in [6, 6.07) is 7.35. The van der Waals surface area contributed by atoms with Crippen LogP contribution in [0.15, 0.2) is 24.3 Å². The number of piperidine rings is 1. The van der Waals surface area contributed by atoms with E-state index in [1.54, 1.807) is 6.07 Å². The Hall–Kier alpha value is -1.52. The average Bonchev–Trinajstić information content (AvgIpc) is 2.45. The molecule has 1 aliphatic rings. The lowest BCUT2D eigenvalue weighted by atomic mass is 10.0. The maximum Gasteiger partial charge on any atom is 0.136 e. The molecule has 0 amide bonds. The summed E-state index contributed by atoms with van der Waals surface area (Å²) in [5.74, 6) is 3.17. The molecule has 23 heavy (non-hydrogen) atoms. The predicted octanol–water partition coefficient (Wildman–Crippen LogP) is 5.07. The van der Waals surface area contributed by atoms with Crippen LogP contribution in [0.25, 0.3) is 0 Å². The van der Waals surface area contributed by atoms with Gasteiger partial charge in [-0.05, 0) is 43.9 Å². The first-order chi connectivity index (χ1) is 11.0. The zero-order valence-electron chi connectivity index (χ0n) is 13.3. The second kappa shape index (κ2) is 6.93. The van der Waals surface area contributed by atoms with Gasteiger partial charge in [0.25, 0.3) is 0 Å². The lowest BCUT2D eigenvalue weighted by Crippen LogP contribution is -2.35. The zero-order valence-corrected chi connectivity index (χ0v) is 14.8. The molecular weight excluding hydrogens is 331 g/mol. The standard InChI is InChI=1S/C17H20Cl2N4/c1-11-4-3-5-23(10-11)17-9-16(20-12(2)21-17)22-15-7-13(18)6-14(19)8-15/h6-9,11H,3-5,10H2,1-2H3,(H,20,21,22). The molecule has 1 atom stereocenters. The smallest absolute Gasteiger partial charge is 0.136 e. The van der Waals surface area contributed by atoms with E-state index in [4.69, 9.17) is 23.2 Å². The minimum atomic E-state index is 0.593. The topological polar surface area (TPSA) is 41.1 Å². The van der Waals surface area contributed by atoms with Crippen molar-refractivity contribution in [2.75, 3.05) is 23.3 Å². The molecule has 0 bridgehead atoms. The fourth-order valence-corrected chi connectivity index (χ4v) is 3.48. The monoisotopic (exact) mass is 350 g/mol. The number of halogens is 2. The second-order valence-corrected chi connectivity index (χ2v) is 7.01.